The number of pyridine rings is 1. The van der Waals surface area contributed by atoms with Crippen LogP contribution >= 0.6 is 0 Å². The Bertz CT molecular complexity index is 608. The van der Waals surface area contributed by atoms with Gasteiger partial charge in [0, 0.05) is 0 Å². The quantitative estimate of drug-likeness (QED) is 0.854. The van der Waals surface area contributed by atoms with Crippen molar-refractivity contribution >= 4 is 17.6 Å². The maximum absolute atomic E-state index is 13.3. The van der Waals surface area contributed by atoms with Crippen molar-refractivity contribution in [3.63, 3.8) is 0 Å². The van der Waals surface area contributed by atoms with E-state index in [-0.39, 0.29) is 18.1 Å². The average Bonchev–Trinajstić information content (AvgIpc) is 2.53. The van der Waals surface area contributed by atoms with Crippen molar-refractivity contribution in [1.82, 2.24) is 0 Å². The van der Waals surface area contributed by atoms with Gasteiger partial charge in [-0.25, -0.2) is 9.78 Å². The molecule has 1 saturated heterocycles. The minimum atomic E-state index is -4.58. The summed E-state index contributed by atoms with van der Waals surface area (Å²) in [5, 5.41) is 2.19. The number of amides is 1. The molecule has 1 amide bonds. The highest BCUT2D eigenvalue weighted by molar-refractivity contribution is 5.84. The number of aromatic nitrogens is 1. The Balaban J connectivity index is 2.24. The van der Waals surface area contributed by atoms with Crippen LogP contribution in [0.1, 0.15) is 5.56 Å². The smallest absolute Gasteiger partial charge is 0.424 e. The van der Waals surface area contributed by atoms with Crippen LogP contribution in [0.5, 0.6) is 0 Å². The van der Waals surface area contributed by atoms with Crippen LogP contribution in [0, 0.1) is 12.3 Å². The van der Waals surface area contributed by atoms with E-state index >= 15 is 0 Å². The molecule has 2 rings (SSSR count). The molecule has 124 valence electrons. The van der Waals surface area contributed by atoms with Crippen LogP contribution < -0.4 is 15.2 Å². The van der Waals surface area contributed by atoms with Gasteiger partial charge in [0.15, 0.2) is 6.61 Å². The Hall–Kier alpha value is -2.47. The molecule has 0 bridgehead atoms. The molecule has 1 aromatic heterocycles. The van der Waals surface area contributed by atoms with Crippen LogP contribution in [0.3, 0.4) is 0 Å². The zero-order chi connectivity index (χ0) is 16.9. The lowest BCUT2D eigenvalue weighted by atomic mass is 10.2. The molecule has 6 nitrogen and oxygen atoms in total. The molecule has 1 aliphatic rings. The minimum absolute atomic E-state index is 0.0663. The van der Waals surface area contributed by atoms with Crippen molar-refractivity contribution in [2.45, 2.75) is 6.18 Å². The summed E-state index contributed by atoms with van der Waals surface area (Å²) in [5.41, 5.74) is -0.953. The minimum Gasteiger partial charge on any atom is -0.436 e. The first-order valence-electron chi connectivity index (χ1n) is 6.74. The summed E-state index contributed by atoms with van der Waals surface area (Å²) in [6, 6.07) is 0.846. The SMILES string of the molecule is C#CCOC(=O)Nc1c[nH+]c(N2CCOCC2)c(C(F)(F)F)c1. The van der Waals surface area contributed by atoms with Gasteiger partial charge in [-0.2, -0.15) is 13.2 Å². The zero-order valence-corrected chi connectivity index (χ0v) is 12.1. The summed E-state index contributed by atoms with van der Waals surface area (Å²) < 4.78 is 49.5. The Kier molecular flexibility index (Phi) is 5.28. The number of ether oxygens (including phenoxy) is 2. The van der Waals surface area contributed by atoms with E-state index in [1.165, 1.54) is 6.20 Å². The summed E-state index contributed by atoms with van der Waals surface area (Å²) in [7, 11) is 0. The van der Waals surface area contributed by atoms with Gasteiger partial charge < -0.3 is 9.47 Å². The van der Waals surface area contributed by atoms with Gasteiger partial charge in [-0.3, -0.25) is 10.2 Å². The molecule has 0 aromatic carbocycles. The van der Waals surface area contributed by atoms with E-state index in [4.69, 9.17) is 11.2 Å². The van der Waals surface area contributed by atoms with Gasteiger partial charge >= 0.3 is 12.3 Å². The largest absolute Gasteiger partial charge is 0.436 e. The maximum atomic E-state index is 13.3. The van der Waals surface area contributed by atoms with Gasteiger partial charge in [0.05, 0.1) is 18.9 Å². The summed E-state index contributed by atoms with van der Waals surface area (Å²) in [6.07, 6.45) is 0.683. The van der Waals surface area contributed by atoms with Crippen molar-refractivity contribution in [2.24, 2.45) is 0 Å². The molecule has 2 heterocycles. The summed E-state index contributed by atoms with van der Waals surface area (Å²) >= 11 is 0. The predicted octanol–water partition coefficient (Wildman–Crippen LogP) is 1.54. The molecule has 9 heteroatoms. The first-order valence-corrected chi connectivity index (χ1v) is 6.74. The second-order valence-corrected chi connectivity index (χ2v) is 4.65. The molecule has 0 aliphatic carbocycles. The number of H-pyrrole nitrogens is 1. The van der Waals surface area contributed by atoms with Crippen LogP contribution in [0.25, 0.3) is 0 Å². The maximum Gasteiger partial charge on any atom is 0.424 e. The molecule has 0 radical (unpaired) electrons. The van der Waals surface area contributed by atoms with Crippen LogP contribution in [-0.4, -0.2) is 39.0 Å². The number of nitrogens with one attached hydrogen (secondary N) is 2. The Labute approximate surface area is 130 Å². The zero-order valence-electron chi connectivity index (χ0n) is 12.1. The fourth-order valence-corrected chi connectivity index (χ4v) is 2.09. The molecule has 1 aliphatic heterocycles. The van der Waals surface area contributed by atoms with Crippen LogP contribution in [0.2, 0.25) is 0 Å². The third-order valence-electron chi connectivity index (χ3n) is 3.09. The average molecular weight is 330 g/mol. The van der Waals surface area contributed by atoms with E-state index < -0.39 is 17.8 Å². The van der Waals surface area contributed by atoms with Crippen LogP contribution in [0.4, 0.5) is 29.5 Å². The number of hydrogen-bond donors (Lipinski definition) is 1. The molecule has 23 heavy (non-hydrogen) atoms. The van der Waals surface area contributed by atoms with E-state index in [1.54, 1.807) is 4.90 Å². The van der Waals surface area contributed by atoms with Crippen molar-refractivity contribution < 1.29 is 32.4 Å². The fourth-order valence-electron chi connectivity index (χ4n) is 2.09. The second kappa shape index (κ2) is 7.19. The molecule has 0 saturated carbocycles. The van der Waals surface area contributed by atoms with Crippen LogP contribution in [0.15, 0.2) is 12.3 Å². The molecule has 1 fully saturated rings. The van der Waals surface area contributed by atoms with Crippen molar-refractivity contribution in [3.05, 3.63) is 17.8 Å². The number of anilines is 2. The predicted molar refractivity (Wildman–Crippen MR) is 74.8 cm³/mol. The Morgan fingerprint density at radius 3 is 2.78 bits per heavy atom. The van der Waals surface area contributed by atoms with Gasteiger partial charge in [-0.05, 0) is 6.07 Å². The molecule has 0 spiro atoms. The van der Waals surface area contributed by atoms with Gasteiger partial charge in [0.25, 0.3) is 5.82 Å². The molecule has 2 N–H and O–H groups in total. The highest BCUT2D eigenvalue weighted by Gasteiger charge is 2.40. The molecule has 0 unspecified atom stereocenters. The van der Waals surface area contributed by atoms with Crippen molar-refractivity contribution in [3.8, 4) is 12.3 Å². The number of terminal acetylenes is 1. The molecule has 0 atom stereocenters. The van der Waals surface area contributed by atoms with E-state index in [0.29, 0.717) is 26.3 Å². The number of rotatable bonds is 3. The molecular formula is C14H15F3N3O3+. The Morgan fingerprint density at radius 1 is 1.48 bits per heavy atom. The number of carbonyl (C=O) groups is 1. The molecular weight excluding hydrogens is 315 g/mol. The number of hydrogen-bond acceptors (Lipinski definition) is 4. The number of alkyl halides is 3. The highest BCUT2D eigenvalue weighted by atomic mass is 19.4. The van der Waals surface area contributed by atoms with Crippen molar-refractivity contribution in [1.29, 1.82) is 0 Å². The highest BCUT2D eigenvalue weighted by Crippen LogP contribution is 2.35. The number of aromatic amines is 1. The normalized spacial score (nSPS) is 15.0. The van der Waals surface area contributed by atoms with E-state index in [0.717, 1.165) is 6.07 Å². The summed E-state index contributed by atoms with van der Waals surface area (Å²) in [4.78, 5) is 15.5. The Morgan fingerprint density at radius 2 is 2.17 bits per heavy atom. The van der Waals surface area contributed by atoms with Gasteiger partial charge in [0.1, 0.15) is 24.8 Å². The number of halogens is 3. The standard InChI is InChI=1S/C14H14F3N3O3/c1-2-5-23-13(21)19-10-8-11(14(15,16)17)12(18-9-10)20-3-6-22-7-4-20/h1,8-9H,3-7H2,(H,19,21)/p+1. The van der Waals surface area contributed by atoms with Gasteiger partial charge in [0.2, 0.25) is 0 Å². The summed E-state index contributed by atoms with van der Waals surface area (Å²) in [5.74, 6) is 2.02. The third kappa shape index (κ3) is 4.50. The monoisotopic (exact) mass is 330 g/mol. The first kappa shape index (κ1) is 16.9. The first-order chi connectivity index (χ1) is 10.9. The molecule has 1 aromatic rings. The lowest BCUT2D eigenvalue weighted by Gasteiger charge is -2.23. The number of morpholine rings is 1. The fraction of sp³-hybridized carbons (Fsp3) is 0.429. The van der Waals surface area contributed by atoms with E-state index in [9.17, 15) is 18.0 Å². The van der Waals surface area contributed by atoms with Gasteiger partial charge in [-0.1, -0.05) is 5.92 Å². The lowest BCUT2D eigenvalue weighted by molar-refractivity contribution is -0.366. The van der Waals surface area contributed by atoms with E-state index in [1.807, 2.05) is 0 Å². The lowest BCUT2D eigenvalue weighted by Crippen LogP contribution is -2.41. The van der Waals surface area contributed by atoms with Gasteiger partial charge in [-0.15, -0.1) is 6.42 Å². The number of carbonyl (C=O) groups excluding carboxylic acids is 1. The summed E-state index contributed by atoms with van der Waals surface area (Å²) in [6.45, 7) is 1.12. The van der Waals surface area contributed by atoms with E-state index in [2.05, 4.69) is 21.0 Å². The second-order valence-electron chi connectivity index (χ2n) is 4.65. The number of nitrogens with zero attached hydrogens (tertiary/aromatic N) is 1. The van der Waals surface area contributed by atoms with Crippen LogP contribution in [-0.2, 0) is 15.7 Å². The van der Waals surface area contributed by atoms with Crippen molar-refractivity contribution in [2.75, 3.05) is 43.1 Å². The third-order valence-corrected chi connectivity index (χ3v) is 3.09. The topological polar surface area (TPSA) is 64.9 Å².